The van der Waals surface area contributed by atoms with Gasteiger partial charge >= 0.3 is 0 Å². The van der Waals surface area contributed by atoms with Crippen molar-refractivity contribution in [1.29, 1.82) is 0 Å². The molecule has 1 fully saturated rings. The van der Waals surface area contributed by atoms with Gasteiger partial charge in [0.2, 0.25) is 11.8 Å². The molecule has 0 spiro atoms. The minimum atomic E-state index is -0.808. The van der Waals surface area contributed by atoms with Gasteiger partial charge in [0, 0.05) is 13.1 Å². The number of nitrogens with one attached hydrogen (secondary N) is 2. The summed E-state index contributed by atoms with van der Waals surface area (Å²) in [4.78, 5) is 24.4. The van der Waals surface area contributed by atoms with Crippen LogP contribution in [-0.2, 0) is 16.1 Å². The lowest BCUT2D eigenvalue weighted by Gasteiger charge is -2.15. The maximum atomic E-state index is 12.3. The topological polar surface area (TPSA) is 58.2 Å². The zero-order valence-corrected chi connectivity index (χ0v) is 12.9. The van der Waals surface area contributed by atoms with Crippen LogP contribution in [0.1, 0.15) is 43.7 Å². The highest BCUT2D eigenvalue weighted by Gasteiger charge is 2.56. The summed E-state index contributed by atoms with van der Waals surface area (Å²) in [5, 5.41) is 5.78. The summed E-state index contributed by atoms with van der Waals surface area (Å²) in [7, 11) is 0. The van der Waals surface area contributed by atoms with Crippen LogP contribution < -0.4 is 10.6 Å². The van der Waals surface area contributed by atoms with Crippen LogP contribution >= 0.6 is 0 Å². The van der Waals surface area contributed by atoms with E-state index in [9.17, 15) is 9.59 Å². The van der Waals surface area contributed by atoms with Crippen molar-refractivity contribution in [2.45, 2.75) is 46.1 Å². The first kappa shape index (κ1) is 15.5. The fourth-order valence-corrected chi connectivity index (χ4v) is 2.40. The van der Waals surface area contributed by atoms with Crippen molar-refractivity contribution in [3.8, 4) is 0 Å². The molecule has 1 saturated carbocycles. The van der Waals surface area contributed by atoms with E-state index in [0.717, 1.165) is 18.4 Å². The smallest absolute Gasteiger partial charge is 0.235 e. The van der Waals surface area contributed by atoms with Crippen LogP contribution in [0.5, 0.6) is 0 Å². The molecule has 0 heterocycles. The van der Waals surface area contributed by atoms with Crippen LogP contribution in [0.2, 0.25) is 0 Å². The summed E-state index contributed by atoms with van der Waals surface area (Å²) in [6.45, 7) is 5.23. The maximum absolute atomic E-state index is 12.3. The van der Waals surface area contributed by atoms with Crippen molar-refractivity contribution in [1.82, 2.24) is 10.6 Å². The molecule has 0 saturated heterocycles. The number of hydrogen-bond acceptors (Lipinski definition) is 2. The van der Waals surface area contributed by atoms with Gasteiger partial charge in [0.05, 0.1) is 0 Å². The molecule has 2 N–H and O–H groups in total. The molecule has 2 amide bonds. The highest BCUT2D eigenvalue weighted by molar-refractivity contribution is 6.07. The molecule has 4 heteroatoms. The van der Waals surface area contributed by atoms with Crippen LogP contribution in [0.15, 0.2) is 24.3 Å². The fourth-order valence-electron chi connectivity index (χ4n) is 2.40. The van der Waals surface area contributed by atoms with Gasteiger partial charge in [-0.15, -0.1) is 0 Å². The minimum Gasteiger partial charge on any atom is -0.355 e. The van der Waals surface area contributed by atoms with Gasteiger partial charge in [0.15, 0.2) is 0 Å². The molecular formula is C17H24N2O2. The van der Waals surface area contributed by atoms with Gasteiger partial charge in [-0.05, 0) is 31.7 Å². The highest BCUT2D eigenvalue weighted by atomic mass is 16.2. The molecule has 2 rings (SSSR count). The summed E-state index contributed by atoms with van der Waals surface area (Å²) in [5.41, 5.74) is 1.42. The predicted molar refractivity (Wildman–Crippen MR) is 82.6 cm³/mol. The minimum absolute atomic E-state index is 0.113. The van der Waals surface area contributed by atoms with Crippen molar-refractivity contribution in [3.63, 3.8) is 0 Å². The summed E-state index contributed by atoms with van der Waals surface area (Å²) in [6, 6.07) is 8.02. The predicted octanol–water partition coefficient (Wildman–Crippen LogP) is 2.31. The van der Waals surface area contributed by atoms with Crippen LogP contribution in [-0.4, -0.2) is 18.4 Å². The zero-order chi connectivity index (χ0) is 15.3. The summed E-state index contributed by atoms with van der Waals surface area (Å²) < 4.78 is 0. The Labute approximate surface area is 126 Å². The molecular weight excluding hydrogens is 264 g/mol. The largest absolute Gasteiger partial charge is 0.355 e. The number of rotatable bonds is 7. The molecule has 0 atom stereocenters. The normalized spacial score (nSPS) is 15.3. The second-order valence-corrected chi connectivity index (χ2v) is 5.86. The van der Waals surface area contributed by atoms with Gasteiger partial charge in [0.1, 0.15) is 5.41 Å². The number of carbonyl (C=O) groups excluding carboxylic acids is 2. The molecule has 4 nitrogen and oxygen atoms in total. The van der Waals surface area contributed by atoms with Crippen molar-refractivity contribution in [3.05, 3.63) is 35.4 Å². The number of carbonyl (C=O) groups is 2. The Kier molecular flexibility index (Phi) is 4.99. The SMILES string of the molecule is CCCCNC(=O)C1(C(=O)NCc2cccc(C)c2)CC1. The van der Waals surface area contributed by atoms with Crippen molar-refractivity contribution < 1.29 is 9.59 Å². The molecule has 0 radical (unpaired) electrons. The van der Waals surface area contributed by atoms with Gasteiger partial charge in [-0.25, -0.2) is 0 Å². The molecule has 0 bridgehead atoms. The van der Waals surface area contributed by atoms with Gasteiger partial charge in [-0.2, -0.15) is 0 Å². The Morgan fingerprint density at radius 1 is 1.19 bits per heavy atom. The lowest BCUT2D eigenvalue weighted by atomic mass is 10.0. The third-order valence-electron chi connectivity index (χ3n) is 3.97. The first-order chi connectivity index (χ1) is 10.1. The maximum Gasteiger partial charge on any atom is 0.235 e. The first-order valence-electron chi connectivity index (χ1n) is 7.70. The summed E-state index contributed by atoms with van der Waals surface area (Å²) in [6.07, 6.45) is 3.30. The van der Waals surface area contributed by atoms with E-state index < -0.39 is 5.41 Å². The van der Waals surface area contributed by atoms with Crippen LogP contribution in [0.25, 0.3) is 0 Å². The molecule has 1 aliphatic carbocycles. The average molecular weight is 288 g/mol. The average Bonchev–Trinajstić information content (AvgIpc) is 3.27. The molecule has 1 aliphatic rings. The Balaban J connectivity index is 1.86. The van der Waals surface area contributed by atoms with Gasteiger partial charge in [0.25, 0.3) is 0 Å². The van der Waals surface area contributed by atoms with Crippen LogP contribution in [0.3, 0.4) is 0 Å². The van der Waals surface area contributed by atoms with E-state index in [0.29, 0.717) is 25.9 Å². The molecule has 0 aromatic heterocycles. The van der Waals surface area contributed by atoms with E-state index >= 15 is 0 Å². The van der Waals surface area contributed by atoms with E-state index in [1.807, 2.05) is 31.2 Å². The van der Waals surface area contributed by atoms with Gasteiger partial charge in [-0.1, -0.05) is 43.2 Å². The molecule has 1 aromatic rings. The number of amides is 2. The standard InChI is InChI=1S/C17H24N2O2/c1-3-4-10-18-15(20)17(8-9-17)16(21)19-12-14-7-5-6-13(2)11-14/h5-7,11H,3-4,8-10,12H2,1-2H3,(H,18,20)(H,19,21). The Morgan fingerprint density at radius 3 is 2.52 bits per heavy atom. The lowest BCUT2D eigenvalue weighted by molar-refractivity contribution is -0.137. The van der Waals surface area contributed by atoms with Gasteiger partial charge in [-0.3, -0.25) is 9.59 Å². The first-order valence-corrected chi connectivity index (χ1v) is 7.70. The molecule has 114 valence electrons. The van der Waals surface area contributed by atoms with Crippen LogP contribution in [0, 0.1) is 12.3 Å². The summed E-state index contributed by atoms with van der Waals surface area (Å²) >= 11 is 0. The number of aryl methyl sites for hydroxylation is 1. The number of hydrogen-bond donors (Lipinski definition) is 2. The number of unbranched alkanes of at least 4 members (excludes halogenated alkanes) is 1. The molecule has 0 unspecified atom stereocenters. The van der Waals surface area contributed by atoms with E-state index in [1.54, 1.807) is 0 Å². The van der Waals surface area contributed by atoms with Crippen molar-refractivity contribution in [2.75, 3.05) is 6.54 Å². The second kappa shape index (κ2) is 6.74. The van der Waals surface area contributed by atoms with E-state index in [2.05, 4.69) is 17.6 Å². The Hall–Kier alpha value is -1.84. The van der Waals surface area contributed by atoms with Crippen molar-refractivity contribution >= 4 is 11.8 Å². The Morgan fingerprint density at radius 2 is 1.90 bits per heavy atom. The zero-order valence-electron chi connectivity index (χ0n) is 12.9. The van der Waals surface area contributed by atoms with E-state index in [4.69, 9.17) is 0 Å². The van der Waals surface area contributed by atoms with Crippen molar-refractivity contribution in [2.24, 2.45) is 5.41 Å². The molecule has 21 heavy (non-hydrogen) atoms. The molecule has 0 aliphatic heterocycles. The summed E-state index contributed by atoms with van der Waals surface area (Å²) in [5.74, 6) is -0.254. The Bertz CT molecular complexity index is 521. The third-order valence-corrected chi connectivity index (χ3v) is 3.97. The third kappa shape index (κ3) is 3.84. The monoisotopic (exact) mass is 288 g/mol. The van der Waals surface area contributed by atoms with Gasteiger partial charge < -0.3 is 10.6 Å². The fraction of sp³-hybridized carbons (Fsp3) is 0.529. The van der Waals surface area contributed by atoms with E-state index in [-0.39, 0.29) is 11.8 Å². The quantitative estimate of drug-likeness (QED) is 0.597. The van der Waals surface area contributed by atoms with E-state index in [1.165, 1.54) is 5.56 Å². The highest BCUT2D eigenvalue weighted by Crippen LogP contribution is 2.46. The lowest BCUT2D eigenvalue weighted by Crippen LogP contribution is -2.43. The number of benzene rings is 1. The second-order valence-electron chi connectivity index (χ2n) is 5.86. The van der Waals surface area contributed by atoms with Crippen LogP contribution in [0.4, 0.5) is 0 Å². The molecule has 1 aromatic carbocycles.